The molecule has 0 aliphatic carbocycles. The van der Waals surface area contributed by atoms with Crippen LogP contribution in [0.15, 0.2) is 30.3 Å². The number of hydrogen-bond acceptors (Lipinski definition) is 5. The summed E-state index contributed by atoms with van der Waals surface area (Å²) in [6.45, 7) is 0. The molecule has 4 atom stereocenters. The predicted molar refractivity (Wildman–Crippen MR) is 80.8 cm³/mol. The van der Waals surface area contributed by atoms with Crippen LogP contribution in [0.4, 0.5) is 0 Å². The highest BCUT2D eigenvalue weighted by molar-refractivity contribution is 14.1. The van der Waals surface area contributed by atoms with Crippen LogP contribution in [-0.4, -0.2) is 47.2 Å². The summed E-state index contributed by atoms with van der Waals surface area (Å²) in [5.41, 5.74) is 0.466. The van der Waals surface area contributed by atoms with E-state index in [1.165, 1.54) is 7.11 Å². The van der Waals surface area contributed by atoms with E-state index in [1.54, 1.807) is 24.3 Å². The molecular weight excluding hydrogens is 375 g/mol. The first-order valence-corrected chi connectivity index (χ1v) is 7.86. The first-order chi connectivity index (χ1) is 9.65. The lowest BCUT2D eigenvalue weighted by Crippen LogP contribution is -2.50. The molecule has 0 saturated carbocycles. The van der Waals surface area contributed by atoms with Crippen LogP contribution in [0.1, 0.15) is 16.8 Å². The Labute approximate surface area is 131 Å². The van der Waals surface area contributed by atoms with Crippen LogP contribution in [0.3, 0.4) is 0 Å². The Bertz CT molecular complexity index is 438. The van der Waals surface area contributed by atoms with E-state index in [4.69, 9.17) is 14.2 Å². The van der Waals surface area contributed by atoms with Gasteiger partial charge in [-0.15, -0.1) is 0 Å². The van der Waals surface area contributed by atoms with E-state index in [-0.39, 0.29) is 6.10 Å². The summed E-state index contributed by atoms with van der Waals surface area (Å²) in [4.78, 5) is 12.0. The summed E-state index contributed by atoms with van der Waals surface area (Å²) in [5, 5.41) is 9.96. The van der Waals surface area contributed by atoms with Crippen molar-refractivity contribution in [2.45, 2.75) is 31.0 Å². The Kier molecular flexibility index (Phi) is 5.76. The molecule has 20 heavy (non-hydrogen) atoms. The van der Waals surface area contributed by atoms with Crippen LogP contribution in [-0.2, 0) is 14.2 Å². The number of aliphatic hydroxyl groups is 1. The minimum absolute atomic E-state index is 0.299. The van der Waals surface area contributed by atoms with Gasteiger partial charge in [-0.05, 0) is 12.1 Å². The van der Waals surface area contributed by atoms with Crippen molar-refractivity contribution in [2.24, 2.45) is 0 Å². The molecule has 0 unspecified atom stereocenters. The zero-order chi connectivity index (χ0) is 14.5. The molecule has 1 saturated heterocycles. The number of benzene rings is 1. The average Bonchev–Trinajstić information content (AvgIpc) is 2.48. The molecule has 0 aromatic heterocycles. The van der Waals surface area contributed by atoms with Gasteiger partial charge < -0.3 is 19.3 Å². The van der Waals surface area contributed by atoms with Crippen LogP contribution in [0.25, 0.3) is 0 Å². The van der Waals surface area contributed by atoms with Crippen molar-refractivity contribution < 1.29 is 24.1 Å². The van der Waals surface area contributed by atoms with Crippen molar-refractivity contribution in [1.82, 2.24) is 0 Å². The lowest BCUT2D eigenvalue weighted by atomic mass is 10.0. The molecular formula is C14H17IO5. The lowest BCUT2D eigenvalue weighted by Gasteiger charge is -2.37. The van der Waals surface area contributed by atoms with Crippen LogP contribution < -0.4 is 0 Å². The quantitative estimate of drug-likeness (QED) is 0.481. The van der Waals surface area contributed by atoms with Gasteiger partial charge >= 0.3 is 5.97 Å². The number of ether oxygens (including phenoxy) is 3. The number of aliphatic hydroxyl groups excluding tert-OH is 1. The van der Waals surface area contributed by atoms with E-state index in [1.807, 2.05) is 6.07 Å². The third kappa shape index (κ3) is 3.69. The number of methoxy groups -OCH3 is 1. The first kappa shape index (κ1) is 15.7. The molecule has 1 aromatic carbocycles. The second kappa shape index (κ2) is 7.35. The third-order valence-corrected chi connectivity index (χ3v) is 4.04. The van der Waals surface area contributed by atoms with Gasteiger partial charge in [0.1, 0.15) is 0 Å². The molecule has 5 nitrogen and oxygen atoms in total. The Morgan fingerprint density at radius 1 is 1.45 bits per heavy atom. The number of esters is 1. The van der Waals surface area contributed by atoms with Crippen LogP contribution in [0.2, 0.25) is 0 Å². The monoisotopic (exact) mass is 392 g/mol. The molecule has 1 N–H and O–H groups in total. The Hall–Kier alpha value is -0.700. The molecule has 0 spiro atoms. The molecule has 1 aliphatic heterocycles. The van der Waals surface area contributed by atoms with Gasteiger partial charge in [-0.1, -0.05) is 40.8 Å². The molecule has 0 radical (unpaired) electrons. The van der Waals surface area contributed by atoms with E-state index >= 15 is 0 Å². The number of carbonyl (C=O) groups is 1. The fourth-order valence-electron chi connectivity index (χ4n) is 2.08. The Morgan fingerprint density at radius 2 is 2.15 bits per heavy atom. The van der Waals surface area contributed by atoms with Crippen LogP contribution >= 0.6 is 22.6 Å². The molecule has 1 fully saturated rings. The standard InChI is InChI=1S/C14H17IO5/c1-18-14-11(7-10(16)12(8-15)20-14)19-13(17)9-5-3-2-4-6-9/h2-6,10-12,14,16H,7-8H2,1H3/t10-,11-,12+,14-/m0/s1. The molecule has 1 aromatic rings. The van der Waals surface area contributed by atoms with Gasteiger partial charge in [0.05, 0.1) is 17.8 Å². The molecule has 2 rings (SSSR count). The molecule has 1 heterocycles. The maximum absolute atomic E-state index is 12.0. The van der Waals surface area contributed by atoms with E-state index in [9.17, 15) is 9.90 Å². The van der Waals surface area contributed by atoms with Crippen molar-refractivity contribution in [3.63, 3.8) is 0 Å². The van der Waals surface area contributed by atoms with Crippen molar-refractivity contribution in [1.29, 1.82) is 0 Å². The lowest BCUT2D eigenvalue weighted by molar-refractivity contribution is -0.249. The summed E-state index contributed by atoms with van der Waals surface area (Å²) in [6, 6.07) is 8.72. The van der Waals surface area contributed by atoms with Crippen molar-refractivity contribution in [3.05, 3.63) is 35.9 Å². The second-order valence-corrected chi connectivity index (χ2v) is 5.43. The van der Waals surface area contributed by atoms with Crippen molar-refractivity contribution in [2.75, 3.05) is 11.5 Å². The van der Waals surface area contributed by atoms with E-state index in [0.29, 0.717) is 16.4 Å². The minimum atomic E-state index is -0.660. The summed E-state index contributed by atoms with van der Waals surface area (Å²) in [7, 11) is 1.50. The van der Waals surface area contributed by atoms with Crippen LogP contribution in [0.5, 0.6) is 0 Å². The van der Waals surface area contributed by atoms with Gasteiger partial charge in [-0.2, -0.15) is 0 Å². The summed E-state index contributed by atoms with van der Waals surface area (Å²) in [6.07, 6.45) is -1.91. The largest absolute Gasteiger partial charge is 0.453 e. The SMILES string of the molecule is CO[C@H]1O[C@H](CI)[C@@H](O)C[C@@H]1OC(=O)c1ccccc1. The molecule has 6 heteroatoms. The van der Waals surface area contributed by atoms with Gasteiger partial charge in [0, 0.05) is 18.0 Å². The topological polar surface area (TPSA) is 65.0 Å². The highest BCUT2D eigenvalue weighted by Crippen LogP contribution is 2.25. The van der Waals surface area contributed by atoms with Crippen molar-refractivity contribution in [3.8, 4) is 0 Å². The summed E-state index contributed by atoms with van der Waals surface area (Å²) < 4.78 is 16.8. The van der Waals surface area contributed by atoms with E-state index in [2.05, 4.69) is 22.6 Å². The van der Waals surface area contributed by atoms with E-state index in [0.717, 1.165) is 0 Å². The smallest absolute Gasteiger partial charge is 0.338 e. The molecule has 110 valence electrons. The Morgan fingerprint density at radius 3 is 2.75 bits per heavy atom. The van der Waals surface area contributed by atoms with Gasteiger partial charge in [0.15, 0.2) is 12.4 Å². The maximum Gasteiger partial charge on any atom is 0.338 e. The van der Waals surface area contributed by atoms with Gasteiger partial charge in [-0.25, -0.2) is 4.79 Å². The van der Waals surface area contributed by atoms with Crippen molar-refractivity contribution >= 4 is 28.6 Å². The molecule has 1 aliphatic rings. The Balaban J connectivity index is 2.02. The number of hydrogen-bond donors (Lipinski definition) is 1. The number of halogens is 1. The number of rotatable bonds is 4. The number of alkyl halides is 1. The highest BCUT2D eigenvalue weighted by Gasteiger charge is 2.39. The predicted octanol–water partition coefficient (Wildman–Crippen LogP) is 1.77. The summed E-state index contributed by atoms with van der Waals surface area (Å²) in [5.74, 6) is -0.443. The summed E-state index contributed by atoms with van der Waals surface area (Å²) >= 11 is 2.14. The van der Waals surface area contributed by atoms with Gasteiger partial charge in [0.25, 0.3) is 0 Å². The fourth-order valence-corrected chi connectivity index (χ4v) is 2.88. The second-order valence-electron chi connectivity index (χ2n) is 4.55. The molecule has 0 amide bonds. The molecule has 0 bridgehead atoms. The van der Waals surface area contributed by atoms with Gasteiger partial charge in [0.2, 0.25) is 0 Å². The number of carbonyl (C=O) groups excluding carboxylic acids is 1. The normalized spacial score (nSPS) is 29.9. The average molecular weight is 392 g/mol. The zero-order valence-corrected chi connectivity index (χ0v) is 13.2. The van der Waals surface area contributed by atoms with Gasteiger partial charge in [-0.3, -0.25) is 0 Å². The zero-order valence-electron chi connectivity index (χ0n) is 11.1. The minimum Gasteiger partial charge on any atom is -0.453 e. The highest BCUT2D eigenvalue weighted by atomic mass is 127. The van der Waals surface area contributed by atoms with Crippen LogP contribution in [0, 0.1) is 0 Å². The fraction of sp³-hybridized carbons (Fsp3) is 0.500. The van der Waals surface area contributed by atoms with E-state index < -0.39 is 24.5 Å². The first-order valence-electron chi connectivity index (χ1n) is 6.34. The third-order valence-electron chi connectivity index (χ3n) is 3.17. The maximum atomic E-state index is 12.0.